The van der Waals surface area contributed by atoms with Crippen LogP contribution in [0.3, 0.4) is 0 Å². The van der Waals surface area contributed by atoms with Crippen LogP contribution in [0, 0.1) is 0 Å². The van der Waals surface area contributed by atoms with Crippen LogP contribution in [0.4, 0.5) is 0 Å². The van der Waals surface area contributed by atoms with Gasteiger partial charge in [0.15, 0.2) is 5.78 Å². The summed E-state index contributed by atoms with van der Waals surface area (Å²) in [4.78, 5) is 23.0. The molecule has 4 nitrogen and oxygen atoms in total. The maximum Gasteiger partial charge on any atom is 0.308 e. The molecule has 0 aromatic heterocycles. The van der Waals surface area contributed by atoms with Gasteiger partial charge in [-0.1, -0.05) is 6.08 Å². The minimum absolute atomic E-state index is 0.0849. The van der Waals surface area contributed by atoms with Crippen LogP contribution in [0.2, 0.25) is 0 Å². The summed E-state index contributed by atoms with van der Waals surface area (Å²) in [5.41, 5.74) is 1.47. The molecule has 0 bridgehead atoms. The van der Waals surface area contributed by atoms with Crippen molar-refractivity contribution in [1.29, 1.82) is 0 Å². The van der Waals surface area contributed by atoms with Gasteiger partial charge in [-0.25, -0.2) is 0 Å². The van der Waals surface area contributed by atoms with E-state index < -0.39 is 0 Å². The second-order valence-corrected chi connectivity index (χ2v) is 4.55. The topological polar surface area (TPSA) is 52.6 Å². The zero-order valence-electron chi connectivity index (χ0n) is 12.0. The van der Waals surface area contributed by atoms with E-state index >= 15 is 0 Å². The first-order valence-corrected chi connectivity index (χ1v) is 6.54. The van der Waals surface area contributed by atoms with E-state index in [4.69, 9.17) is 9.47 Å². The van der Waals surface area contributed by atoms with Crippen molar-refractivity contribution in [2.24, 2.45) is 0 Å². The standard InChI is InChI=1S/C17H16O4/c1-12(18)21-16-9-5-14(6-10-16)17(19)11-13-3-7-15(20-2)8-4-13/h3,5-11H,4H2,1-2H3. The molecule has 1 aromatic carbocycles. The maximum atomic E-state index is 12.1. The van der Waals surface area contributed by atoms with Crippen LogP contribution in [0.15, 0.2) is 59.9 Å². The third kappa shape index (κ3) is 4.18. The van der Waals surface area contributed by atoms with Gasteiger partial charge >= 0.3 is 5.97 Å². The predicted octanol–water partition coefficient (Wildman–Crippen LogP) is 3.21. The molecule has 0 saturated carbocycles. The lowest BCUT2D eigenvalue weighted by molar-refractivity contribution is -0.131. The minimum Gasteiger partial charge on any atom is -0.497 e. The van der Waals surface area contributed by atoms with Crippen molar-refractivity contribution in [2.45, 2.75) is 13.3 Å². The summed E-state index contributed by atoms with van der Waals surface area (Å²) < 4.78 is 10.0. The molecule has 1 aliphatic carbocycles. The number of hydrogen-bond donors (Lipinski definition) is 0. The summed E-state index contributed by atoms with van der Waals surface area (Å²) in [6.45, 7) is 1.33. The zero-order valence-corrected chi connectivity index (χ0v) is 12.0. The van der Waals surface area contributed by atoms with Crippen molar-refractivity contribution in [2.75, 3.05) is 7.11 Å². The first kappa shape index (κ1) is 14.8. The second-order valence-electron chi connectivity index (χ2n) is 4.55. The molecule has 0 heterocycles. The van der Waals surface area contributed by atoms with Crippen LogP contribution in [-0.4, -0.2) is 18.9 Å². The van der Waals surface area contributed by atoms with Gasteiger partial charge in [0.1, 0.15) is 11.5 Å². The van der Waals surface area contributed by atoms with Gasteiger partial charge in [0.25, 0.3) is 0 Å². The average Bonchev–Trinajstić information content (AvgIpc) is 2.48. The molecule has 0 saturated heterocycles. The normalized spacial score (nSPS) is 15.5. The summed E-state index contributed by atoms with van der Waals surface area (Å²) in [5, 5.41) is 0. The van der Waals surface area contributed by atoms with Crippen LogP contribution in [-0.2, 0) is 9.53 Å². The van der Waals surface area contributed by atoms with E-state index in [0.29, 0.717) is 17.7 Å². The van der Waals surface area contributed by atoms with E-state index in [9.17, 15) is 9.59 Å². The van der Waals surface area contributed by atoms with E-state index in [2.05, 4.69) is 0 Å². The summed E-state index contributed by atoms with van der Waals surface area (Å²) in [6, 6.07) is 6.49. The molecule has 0 radical (unpaired) electrons. The number of carbonyl (C=O) groups is 2. The molecule has 0 amide bonds. The molecule has 0 fully saturated rings. The van der Waals surface area contributed by atoms with Crippen molar-refractivity contribution < 1.29 is 19.1 Å². The fourth-order valence-electron chi connectivity index (χ4n) is 1.91. The van der Waals surface area contributed by atoms with Crippen molar-refractivity contribution >= 4 is 11.8 Å². The van der Waals surface area contributed by atoms with E-state index in [0.717, 1.165) is 11.3 Å². The highest BCUT2D eigenvalue weighted by Crippen LogP contribution is 2.18. The first-order chi connectivity index (χ1) is 10.1. The lowest BCUT2D eigenvalue weighted by Gasteiger charge is -2.08. The van der Waals surface area contributed by atoms with Gasteiger partial charge in [0.2, 0.25) is 0 Å². The van der Waals surface area contributed by atoms with Crippen molar-refractivity contribution in [1.82, 2.24) is 0 Å². The Hall–Kier alpha value is -2.62. The summed E-state index contributed by atoms with van der Waals surface area (Å²) in [5.74, 6) is 0.754. The fraction of sp³-hybridized carbons (Fsp3) is 0.176. The Balaban J connectivity index is 2.06. The zero-order chi connectivity index (χ0) is 15.2. The van der Waals surface area contributed by atoms with Gasteiger partial charge < -0.3 is 9.47 Å². The maximum absolute atomic E-state index is 12.1. The van der Waals surface area contributed by atoms with Gasteiger partial charge in [-0.05, 0) is 54.5 Å². The highest BCUT2D eigenvalue weighted by Gasteiger charge is 2.07. The number of carbonyl (C=O) groups excluding carboxylic acids is 2. The number of esters is 1. The average molecular weight is 284 g/mol. The van der Waals surface area contributed by atoms with Crippen LogP contribution in [0.1, 0.15) is 23.7 Å². The largest absolute Gasteiger partial charge is 0.497 e. The molecule has 1 aromatic rings. The van der Waals surface area contributed by atoms with E-state index in [1.165, 1.54) is 6.92 Å². The smallest absolute Gasteiger partial charge is 0.308 e. The summed E-state index contributed by atoms with van der Waals surface area (Å²) in [7, 11) is 1.61. The summed E-state index contributed by atoms with van der Waals surface area (Å²) >= 11 is 0. The number of ether oxygens (including phenoxy) is 2. The SMILES string of the molecule is COC1=CCC(=CC(=O)c2ccc(OC(C)=O)cc2)C=C1. The lowest BCUT2D eigenvalue weighted by atomic mass is 10.0. The Morgan fingerprint density at radius 1 is 1.14 bits per heavy atom. The first-order valence-electron chi connectivity index (χ1n) is 6.54. The Morgan fingerprint density at radius 3 is 2.38 bits per heavy atom. The number of methoxy groups -OCH3 is 1. The predicted molar refractivity (Wildman–Crippen MR) is 79.0 cm³/mol. The number of rotatable bonds is 4. The van der Waals surface area contributed by atoms with Gasteiger partial charge in [0, 0.05) is 12.5 Å². The number of allylic oxidation sites excluding steroid dienone is 5. The molecule has 0 spiro atoms. The molecule has 1 aliphatic rings. The minimum atomic E-state index is -0.385. The van der Waals surface area contributed by atoms with Gasteiger partial charge in [-0.15, -0.1) is 0 Å². The van der Waals surface area contributed by atoms with E-state index in [-0.39, 0.29) is 11.8 Å². The second kappa shape index (κ2) is 6.70. The van der Waals surface area contributed by atoms with Crippen LogP contribution < -0.4 is 4.74 Å². The quantitative estimate of drug-likeness (QED) is 0.369. The molecule has 0 aliphatic heterocycles. The molecule has 0 atom stereocenters. The Morgan fingerprint density at radius 2 is 1.86 bits per heavy atom. The molecule has 4 heteroatoms. The Kier molecular flexibility index (Phi) is 4.72. The van der Waals surface area contributed by atoms with E-state index in [1.54, 1.807) is 37.5 Å². The number of benzene rings is 1. The number of hydrogen-bond acceptors (Lipinski definition) is 4. The molecular formula is C17H16O4. The highest BCUT2D eigenvalue weighted by atomic mass is 16.5. The third-order valence-corrected chi connectivity index (χ3v) is 2.95. The molecular weight excluding hydrogens is 268 g/mol. The third-order valence-electron chi connectivity index (χ3n) is 2.95. The fourth-order valence-corrected chi connectivity index (χ4v) is 1.91. The van der Waals surface area contributed by atoms with Gasteiger partial charge in [0.05, 0.1) is 7.11 Å². The molecule has 0 N–H and O–H groups in total. The highest BCUT2D eigenvalue weighted by molar-refractivity contribution is 6.05. The van der Waals surface area contributed by atoms with Gasteiger partial charge in [-0.3, -0.25) is 9.59 Å². The molecule has 108 valence electrons. The van der Waals surface area contributed by atoms with Crippen molar-refractivity contribution in [3.63, 3.8) is 0 Å². The van der Waals surface area contributed by atoms with Crippen molar-refractivity contribution in [3.8, 4) is 5.75 Å². The number of ketones is 1. The van der Waals surface area contributed by atoms with Crippen LogP contribution in [0.25, 0.3) is 0 Å². The van der Waals surface area contributed by atoms with E-state index in [1.807, 2.05) is 18.2 Å². The molecule has 2 rings (SSSR count). The monoisotopic (exact) mass is 284 g/mol. The summed E-state index contributed by atoms with van der Waals surface area (Å²) in [6.07, 6.45) is 7.87. The molecule has 0 unspecified atom stereocenters. The van der Waals surface area contributed by atoms with Gasteiger partial charge in [-0.2, -0.15) is 0 Å². The van der Waals surface area contributed by atoms with Crippen molar-refractivity contribution in [3.05, 3.63) is 65.5 Å². The van der Waals surface area contributed by atoms with Crippen LogP contribution >= 0.6 is 0 Å². The Bertz CT molecular complexity index is 633. The lowest BCUT2D eigenvalue weighted by Crippen LogP contribution is -2.02. The Labute approximate surface area is 123 Å². The van der Waals surface area contributed by atoms with Crippen LogP contribution in [0.5, 0.6) is 5.75 Å². The molecule has 21 heavy (non-hydrogen) atoms.